The zero-order valence-electron chi connectivity index (χ0n) is 13.0. The van der Waals surface area contributed by atoms with E-state index in [9.17, 15) is 4.79 Å². The lowest BCUT2D eigenvalue weighted by atomic mass is 10.2. The van der Waals surface area contributed by atoms with Gasteiger partial charge in [-0.15, -0.1) is 11.3 Å². The number of methoxy groups -OCH3 is 1. The summed E-state index contributed by atoms with van der Waals surface area (Å²) in [5.41, 5.74) is 1.30. The van der Waals surface area contributed by atoms with Gasteiger partial charge < -0.3 is 14.8 Å². The Morgan fingerprint density at radius 2 is 2.25 bits per heavy atom. The van der Waals surface area contributed by atoms with Crippen LogP contribution >= 0.6 is 22.9 Å². The van der Waals surface area contributed by atoms with Gasteiger partial charge in [-0.25, -0.2) is 4.98 Å². The minimum Gasteiger partial charge on any atom is -0.487 e. The van der Waals surface area contributed by atoms with E-state index in [2.05, 4.69) is 10.3 Å². The summed E-state index contributed by atoms with van der Waals surface area (Å²) in [5, 5.41) is 5.57. The summed E-state index contributed by atoms with van der Waals surface area (Å²) in [6.45, 7) is 1.26. The fraction of sp³-hybridized carbons (Fsp3) is 0.250. The number of ether oxygens (including phenoxy) is 2. The highest BCUT2D eigenvalue weighted by Crippen LogP contribution is 2.33. The molecule has 24 heavy (non-hydrogen) atoms. The number of hydrogen-bond acceptors (Lipinski definition) is 6. The molecule has 0 unspecified atom stereocenters. The van der Waals surface area contributed by atoms with Gasteiger partial charge >= 0.3 is 0 Å². The molecule has 0 spiro atoms. The molecule has 0 aliphatic rings. The SMILES string of the molecule is COCCOc1c(Cl)cccc1NCc1cc(=O)n2ccsc2n1. The molecule has 0 aliphatic carbocycles. The number of halogens is 1. The van der Waals surface area contributed by atoms with Gasteiger partial charge in [0, 0.05) is 24.8 Å². The Morgan fingerprint density at radius 1 is 1.38 bits per heavy atom. The number of aromatic nitrogens is 2. The molecule has 0 bridgehead atoms. The molecule has 0 fully saturated rings. The molecule has 0 aliphatic heterocycles. The maximum absolute atomic E-state index is 12.0. The van der Waals surface area contributed by atoms with Crippen LogP contribution in [0.25, 0.3) is 4.96 Å². The van der Waals surface area contributed by atoms with Gasteiger partial charge in [-0.3, -0.25) is 9.20 Å². The summed E-state index contributed by atoms with van der Waals surface area (Å²) in [4.78, 5) is 17.1. The summed E-state index contributed by atoms with van der Waals surface area (Å²) >= 11 is 7.63. The predicted molar refractivity (Wildman–Crippen MR) is 95.5 cm³/mol. The van der Waals surface area contributed by atoms with Crippen molar-refractivity contribution in [1.29, 1.82) is 0 Å². The van der Waals surface area contributed by atoms with Crippen molar-refractivity contribution in [2.45, 2.75) is 6.54 Å². The lowest BCUT2D eigenvalue weighted by Gasteiger charge is -2.14. The Morgan fingerprint density at radius 3 is 3.08 bits per heavy atom. The van der Waals surface area contributed by atoms with Gasteiger partial charge in [0.25, 0.3) is 5.56 Å². The van der Waals surface area contributed by atoms with Gasteiger partial charge in [-0.1, -0.05) is 17.7 Å². The zero-order chi connectivity index (χ0) is 16.9. The van der Waals surface area contributed by atoms with Gasteiger partial charge in [0.05, 0.1) is 29.6 Å². The maximum atomic E-state index is 12.0. The molecule has 0 radical (unpaired) electrons. The van der Waals surface area contributed by atoms with E-state index in [0.29, 0.717) is 41.2 Å². The second-order valence-electron chi connectivity index (χ2n) is 4.95. The van der Waals surface area contributed by atoms with E-state index >= 15 is 0 Å². The Hall–Kier alpha value is -2.09. The quantitative estimate of drug-likeness (QED) is 0.652. The fourth-order valence-electron chi connectivity index (χ4n) is 2.19. The molecular weight excluding hydrogens is 350 g/mol. The Balaban J connectivity index is 1.78. The van der Waals surface area contributed by atoms with Crippen molar-refractivity contribution in [1.82, 2.24) is 9.38 Å². The first-order valence-electron chi connectivity index (χ1n) is 7.29. The third-order valence-electron chi connectivity index (χ3n) is 3.32. The number of thiazole rings is 1. The number of rotatable bonds is 7. The van der Waals surface area contributed by atoms with Crippen molar-refractivity contribution in [2.24, 2.45) is 0 Å². The molecule has 6 nitrogen and oxygen atoms in total. The number of benzene rings is 1. The van der Waals surface area contributed by atoms with Crippen LogP contribution in [-0.4, -0.2) is 29.7 Å². The van der Waals surface area contributed by atoms with E-state index in [4.69, 9.17) is 21.1 Å². The largest absolute Gasteiger partial charge is 0.487 e. The highest BCUT2D eigenvalue weighted by Gasteiger charge is 2.09. The first-order valence-corrected chi connectivity index (χ1v) is 8.54. The summed E-state index contributed by atoms with van der Waals surface area (Å²) in [7, 11) is 1.61. The summed E-state index contributed by atoms with van der Waals surface area (Å²) in [5.74, 6) is 0.560. The average Bonchev–Trinajstić information content (AvgIpc) is 3.04. The number of hydrogen-bond donors (Lipinski definition) is 1. The summed E-state index contributed by atoms with van der Waals surface area (Å²) in [6.07, 6.45) is 1.71. The van der Waals surface area contributed by atoms with E-state index < -0.39 is 0 Å². The standard InChI is InChI=1S/C16H16ClN3O3S/c1-22-6-7-23-15-12(17)3-2-4-13(15)18-10-11-9-14(21)20-5-8-24-16(20)19-11/h2-5,8-9,18H,6-7,10H2,1H3. The molecule has 2 aromatic heterocycles. The number of fused-ring (bicyclic) bond motifs is 1. The van der Waals surface area contributed by atoms with Gasteiger partial charge in [0.15, 0.2) is 10.7 Å². The lowest BCUT2D eigenvalue weighted by molar-refractivity contribution is 0.146. The average molecular weight is 366 g/mol. The lowest BCUT2D eigenvalue weighted by Crippen LogP contribution is -2.15. The fourth-order valence-corrected chi connectivity index (χ4v) is 3.15. The van der Waals surface area contributed by atoms with Crippen LogP contribution in [0.3, 0.4) is 0 Å². The number of nitrogens with one attached hydrogen (secondary N) is 1. The van der Waals surface area contributed by atoms with Crippen molar-refractivity contribution in [2.75, 3.05) is 25.6 Å². The molecular formula is C16H16ClN3O3S. The minimum absolute atomic E-state index is 0.0966. The van der Waals surface area contributed by atoms with Crippen LogP contribution in [0.5, 0.6) is 5.75 Å². The van der Waals surface area contributed by atoms with Crippen LogP contribution in [0, 0.1) is 0 Å². The van der Waals surface area contributed by atoms with Crippen LogP contribution in [0.1, 0.15) is 5.69 Å². The predicted octanol–water partition coefficient (Wildman–Crippen LogP) is 3.05. The Kier molecular flexibility index (Phi) is 5.34. The molecule has 0 amide bonds. The van der Waals surface area contributed by atoms with E-state index in [-0.39, 0.29) is 5.56 Å². The molecule has 0 saturated carbocycles. The smallest absolute Gasteiger partial charge is 0.258 e. The van der Waals surface area contributed by atoms with Crippen molar-refractivity contribution in [3.8, 4) is 5.75 Å². The normalized spacial score (nSPS) is 10.9. The summed E-state index contributed by atoms with van der Waals surface area (Å²) < 4.78 is 12.2. The second kappa shape index (κ2) is 7.65. The van der Waals surface area contributed by atoms with Crippen molar-refractivity contribution < 1.29 is 9.47 Å². The summed E-state index contributed by atoms with van der Waals surface area (Å²) in [6, 6.07) is 6.98. The van der Waals surface area contributed by atoms with Gasteiger partial charge in [-0.05, 0) is 12.1 Å². The van der Waals surface area contributed by atoms with Crippen molar-refractivity contribution in [3.05, 3.63) is 56.9 Å². The van der Waals surface area contributed by atoms with E-state index in [1.54, 1.807) is 19.4 Å². The topological polar surface area (TPSA) is 64.9 Å². The molecule has 8 heteroatoms. The maximum Gasteiger partial charge on any atom is 0.258 e. The van der Waals surface area contributed by atoms with Crippen LogP contribution < -0.4 is 15.6 Å². The van der Waals surface area contributed by atoms with Gasteiger partial charge in [0.1, 0.15) is 6.61 Å². The molecule has 0 saturated heterocycles. The number of para-hydroxylation sites is 1. The minimum atomic E-state index is -0.0966. The Labute approximate surface area is 147 Å². The zero-order valence-corrected chi connectivity index (χ0v) is 14.6. The highest BCUT2D eigenvalue weighted by atomic mass is 35.5. The third kappa shape index (κ3) is 3.69. The van der Waals surface area contributed by atoms with E-state index in [0.717, 1.165) is 5.69 Å². The van der Waals surface area contributed by atoms with E-state index in [1.807, 2.05) is 17.5 Å². The van der Waals surface area contributed by atoms with Crippen LogP contribution in [-0.2, 0) is 11.3 Å². The van der Waals surface area contributed by atoms with Gasteiger partial charge in [0.2, 0.25) is 0 Å². The van der Waals surface area contributed by atoms with Crippen LogP contribution in [0.4, 0.5) is 5.69 Å². The molecule has 2 heterocycles. The molecule has 1 aromatic carbocycles. The van der Waals surface area contributed by atoms with Crippen molar-refractivity contribution >= 4 is 33.6 Å². The van der Waals surface area contributed by atoms with Crippen LogP contribution in [0.2, 0.25) is 5.02 Å². The molecule has 1 N–H and O–H groups in total. The monoisotopic (exact) mass is 365 g/mol. The first kappa shape index (κ1) is 16.8. The highest BCUT2D eigenvalue weighted by molar-refractivity contribution is 7.15. The number of anilines is 1. The van der Waals surface area contributed by atoms with Crippen molar-refractivity contribution in [3.63, 3.8) is 0 Å². The number of nitrogens with zero attached hydrogens (tertiary/aromatic N) is 2. The molecule has 3 rings (SSSR count). The molecule has 3 aromatic rings. The second-order valence-corrected chi connectivity index (χ2v) is 6.23. The van der Waals surface area contributed by atoms with Crippen LogP contribution in [0.15, 0.2) is 40.6 Å². The Bertz CT molecular complexity index is 894. The van der Waals surface area contributed by atoms with E-state index in [1.165, 1.54) is 21.8 Å². The van der Waals surface area contributed by atoms with Gasteiger partial charge in [-0.2, -0.15) is 0 Å². The molecule has 126 valence electrons. The third-order valence-corrected chi connectivity index (χ3v) is 4.37. The molecule has 0 atom stereocenters. The first-order chi connectivity index (χ1) is 11.7.